The molecule has 1 aromatic heterocycles. The third kappa shape index (κ3) is 4.92. The van der Waals surface area contributed by atoms with Gasteiger partial charge in [-0.15, -0.1) is 0 Å². The van der Waals surface area contributed by atoms with Crippen molar-refractivity contribution in [1.29, 1.82) is 0 Å². The van der Waals surface area contributed by atoms with Gasteiger partial charge in [0.05, 0.1) is 5.56 Å². The molecule has 0 fully saturated rings. The molecule has 7 heteroatoms. The quantitative estimate of drug-likeness (QED) is 0.618. The number of carbonyl (C=O) groups excluding carboxylic acids is 2. The van der Waals surface area contributed by atoms with Gasteiger partial charge in [0.15, 0.2) is 0 Å². The first kappa shape index (κ1) is 18.6. The predicted octanol–water partition coefficient (Wildman–Crippen LogP) is 4.02. The molecule has 27 heavy (non-hydrogen) atoms. The molecule has 0 aliphatic heterocycles. The number of carbonyl (C=O) groups is 2. The summed E-state index contributed by atoms with van der Waals surface area (Å²) in [7, 11) is 0. The molecule has 6 nitrogen and oxygen atoms in total. The Bertz CT molecular complexity index is 957. The van der Waals surface area contributed by atoms with Gasteiger partial charge in [-0.25, -0.2) is 4.98 Å². The smallest absolute Gasteiger partial charge is 0.271 e. The Kier molecular flexibility index (Phi) is 5.83. The van der Waals surface area contributed by atoms with Crippen LogP contribution in [0.4, 0.5) is 0 Å². The van der Waals surface area contributed by atoms with Crippen LogP contribution in [0.5, 0.6) is 11.6 Å². The molecule has 0 saturated heterocycles. The van der Waals surface area contributed by atoms with E-state index < -0.39 is 5.91 Å². The van der Waals surface area contributed by atoms with Gasteiger partial charge >= 0.3 is 0 Å². The highest BCUT2D eigenvalue weighted by Gasteiger charge is 2.11. The van der Waals surface area contributed by atoms with E-state index in [1.165, 1.54) is 6.20 Å². The van der Waals surface area contributed by atoms with Gasteiger partial charge in [-0.2, -0.15) is 0 Å². The largest absolute Gasteiger partial charge is 0.439 e. The van der Waals surface area contributed by atoms with Gasteiger partial charge in [-0.05, 0) is 48.9 Å². The third-order valence-corrected chi connectivity index (χ3v) is 4.24. The standard InChI is InChI=1S/C20H16BrN3O3/c1-13-4-2-3-5-17(13)20(26)24-23-19(25)14-6-11-18(22-12-14)27-16-9-7-15(21)8-10-16/h2-12H,1H3,(H,23,25)(H,24,26). The molecule has 3 aromatic rings. The number of aromatic nitrogens is 1. The molecule has 0 aliphatic carbocycles. The van der Waals surface area contributed by atoms with E-state index in [0.717, 1.165) is 10.0 Å². The third-order valence-electron chi connectivity index (χ3n) is 3.71. The number of aryl methyl sites for hydroxylation is 1. The second-order valence-corrected chi connectivity index (χ2v) is 6.58. The molecule has 2 amide bonds. The summed E-state index contributed by atoms with van der Waals surface area (Å²) in [5.41, 5.74) is 6.38. The predicted molar refractivity (Wildman–Crippen MR) is 105 cm³/mol. The van der Waals surface area contributed by atoms with Crippen molar-refractivity contribution in [1.82, 2.24) is 15.8 Å². The summed E-state index contributed by atoms with van der Waals surface area (Å²) in [6.07, 6.45) is 1.38. The highest BCUT2D eigenvalue weighted by molar-refractivity contribution is 9.10. The Morgan fingerprint density at radius 3 is 2.30 bits per heavy atom. The van der Waals surface area contributed by atoms with E-state index in [4.69, 9.17) is 4.74 Å². The number of rotatable bonds is 4. The first-order valence-corrected chi connectivity index (χ1v) is 8.88. The number of amides is 2. The van der Waals surface area contributed by atoms with E-state index in [-0.39, 0.29) is 5.91 Å². The fourth-order valence-electron chi connectivity index (χ4n) is 2.28. The van der Waals surface area contributed by atoms with E-state index in [0.29, 0.717) is 22.8 Å². The molecule has 2 aromatic carbocycles. The van der Waals surface area contributed by atoms with Crippen LogP contribution in [0.3, 0.4) is 0 Å². The van der Waals surface area contributed by atoms with Gasteiger partial charge in [0, 0.05) is 22.3 Å². The summed E-state index contributed by atoms with van der Waals surface area (Å²) in [6.45, 7) is 1.82. The first-order chi connectivity index (χ1) is 13.0. The van der Waals surface area contributed by atoms with Crippen molar-refractivity contribution in [2.24, 2.45) is 0 Å². The number of hydrogen-bond acceptors (Lipinski definition) is 4. The topological polar surface area (TPSA) is 80.3 Å². The summed E-state index contributed by atoms with van der Waals surface area (Å²) in [5.74, 6) is 0.135. The molecule has 0 radical (unpaired) electrons. The van der Waals surface area contributed by atoms with Crippen LogP contribution in [0.1, 0.15) is 26.3 Å². The van der Waals surface area contributed by atoms with E-state index >= 15 is 0 Å². The van der Waals surface area contributed by atoms with Crippen molar-refractivity contribution in [2.45, 2.75) is 6.92 Å². The number of nitrogens with zero attached hydrogens (tertiary/aromatic N) is 1. The Labute approximate surface area is 164 Å². The molecule has 0 bridgehead atoms. The molecule has 3 rings (SSSR count). The molecular weight excluding hydrogens is 410 g/mol. The molecule has 0 spiro atoms. The Balaban J connectivity index is 1.58. The number of pyridine rings is 1. The molecule has 0 atom stereocenters. The maximum absolute atomic E-state index is 12.2. The van der Waals surface area contributed by atoms with Gasteiger partial charge in [0.1, 0.15) is 5.75 Å². The first-order valence-electron chi connectivity index (χ1n) is 8.09. The van der Waals surface area contributed by atoms with Crippen molar-refractivity contribution in [3.8, 4) is 11.6 Å². The average Bonchev–Trinajstić information content (AvgIpc) is 2.68. The summed E-state index contributed by atoms with van der Waals surface area (Å²) in [4.78, 5) is 28.4. The molecule has 2 N–H and O–H groups in total. The van der Waals surface area contributed by atoms with Crippen LogP contribution in [0, 0.1) is 6.92 Å². The van der Waals surface area contributed by atoms with Crippen molar-refractivity contribution in [2.75, 3.05) is 0 Å². The number of nitrogens with one attached hydrogen (secondary N) is 2. The van der Waals surface area contributed by atoms with Crippen LogP contribution in [0.25, 0.3) is 0 Å². The van der Waals surface area contributed by atoms with Crippen LogP contribution in [-0.2, 0) is 0 Å². The lowest BCUT2D eigenvalue weighted by Gasteiger charge is -2.09. The number of hydrogen-bond donors (Lipinski definition) is 2. The fraction of sp³-hybridized carbons (Fsp3) is 0.0500. The monoisotopic (exact) mass is 425 g/mol. The zero-order chi connectivity index (χ0) is 19.2. The molecule has 136 valence electrons. The fourth-order valence-corrected chi connectivity index (χ4v) is 2.54. The SMILES string of the molecule is Cc1ccccc1C(=O)NNC(=O)c1ccc(Oc2ccc(Br)cc2)nc1. The highest BCUT2D eigenvalue weighted by atomic mass is 79.9. The van der Waals surface area contributed by atoms with Gasteiger partial charge < -0.3 is 4.74 Å². The molecule has 1 heterocycles. The number of hydrazine groups is 1. The summed E-state index contributed by atoms with van der Waals surface area (Å²) < 4.78 is 6.55. The van der Waals surface area contributed by atoms with Crippen molar-refractivity contribution >= 4 is 27.7 Å². The zero-order valence-corrected chi connectivity index (χ0v) is 16.0. The van der Waals surface area contributed by atoms with Crippen LogP contribution >= 0.6 is 15.9 Å². The minimum Gasteiger partial charge on any atom is -0.439 e. The molecule has 0 saturated carbocycles. The molecular formula is C20H16BrN3O3. The summed E-state index contributed by atoms with van der Waals surface area (Å²) in [5, 5.41) is 0. The number of halogens is 1. The van der Waals surface area contributed by atoms with Crippen LogP contribution in [-0.4, -0.2) is 16.8 Å². The van der Waals surface area contributed by atoms with Crippen molar-refractivity contribution in [3.63, 3.8) is 0 Å². The zero-order valence-electron chi connectivity index (χ0n) is 14.4. The van der Waals surface area contributed by atoms with E-state index in [1.54, 1.807) is 36.4 Å². The Hall–Kier alpha value is -3.19. The van der Waals surface area contributed by atoms with E-state index in [9.17, 15) is 9.59 Å². The Morgan fingerprint density at radius 2 is 1.63 bits per heavy atom. The maximum Gasteiger partial charge on any atom is 0.271 e. The van der Waals surface area contributed by atoms with Crippen LogP contribution < -0.4 is 15.6 Å². The van der Waals surface area contributed by atoms with Crippen LogP contribution in [0.15, 0.2) is 71.3 Å². The summed E-state index contributed by atoms with van der Waals surface area (Å²) >= 11 is 3.35. The second kappa shape index (κ2) is 8.46. The normalized spacial score (nSPS) is 10.1. The van der Waals surface area contributed by atoms with Gasteiger partial charge in [0.25, 0.3) is 11.8 Å². The van der Waals surface area contributed by atoms with Gasteiger partial charge in [-0.3, -0.25) is 20.4 Å². The van der Waals surface area contributed by atoms with Crippen molar-refractivity contribution in [3.05, 3.63) is 88.0 Å². The van der Waals surface area contributed by atoms with E-state index in [2.05, 4.69) is 31.8 Å². The van der Waals surface area contributed by atoms with E-state index in [1.807, 2.05) is 31.2 Å². The number of benzene rings is 2. The maximum atomic E-state index is 12.2. The number of ether oxygens (including phenoxy) is 1. The van der Waals surface area contributed by atoms with Crippen LogP contribution in [0.2, 0.25) is 0 Å². The summed E-state index contributed by atoms with van der Waals surface area (Å²) in [6, 6.07) is 17.6. The minimum absolute atomic E-state index is 0.295. The minimum atomic E-state index is -0.473. The lowest BCUT2D eigenvalue weighted by molar-refractivity contribution is 0.0846. The highest BCUT2D eigenvalue weighted by Crippen LogP contribution is 2.21. The van der Waals surface area contributed by atoms with Crippen molar-refractivity contribution < 1.29 is 14.3 Å². The lowest BCUT2D eigenvalue weighted by atomic mass is 10.1. The average molecular weight is 426 g/mol. The lowest BCUT2D eigenvalue weighted by Crippen LogP contribution is -2.41. The molecule has 0 aliphatic rings. The second-order valence-electron chi connectivity index (χ2n) is 5.66. The Morgan fingerprint density at radius 1 is 0.926 bits per heavy atom. The van der Waals surface area contributed by atoms with Gasteiger partial charge in [-0.1, -0.05) is 34.1 Å². The van der Waals surface area contributed by atoms with Gasteiger partial charge in [0.2, 0.25) is 5.88 Å². The molecule has 0 unspecified atom stereocenters.